The Hall–Kier alpha value is -1.94. The maximum Gasteiger partial charge on any atom is 0.106 e. The van der Waals surface area contributed by atoms with E-state index in [0.717, 1.165) is 17.9 Å². The molecule has 1 heterocycles. The predicted octanol–water partition coefficient (Wildman–Crippen LogP) is 1.50. The molecule has 1 aromatic heterocycles. The lowest BCUT2D eigenvalue weighted by atomic mass is 10.3. The van der Waals surface area contributed by atoms with Gasteiger partial charge < -0.3 is 5.32 Å². The van der Waals surface area contributed by atoms with Gasteiger partial charge in [-0.25, -0.2) is 0 Å². The average molecular weight is 214 g/mol. The van der Waals surface area contributed by atoms with Crippen LogP contribution in [0.3, 0.4) is 0 Å². The standard InChI is InChI=1S/C12H14N4/c1-13-9-5-6-11-10-14-16(15-11)12-7-3-2-4-8-12/h2-8,10,13H,9H2,1H3. The van der Waals surface area contributed by atoms with Gasteiger partial charge in [-0.3, -0.25) is 0 Å². The molecule has 0 radical (unpaired) electrons. The Bertz CT molecular complexity index is 459. The number of likely N-dealkylation sites (N-methyl/N-ethyl adjacent to an activating group) is 1. The second kappa shape index (κ2) is 5.23. The van der Waals surface area contributed by atoms with E-state index in [0.29, 0.717) is 0 Å². The summed E-state index contributed by atoms with van der Waals surface area (Å²) >= 11 is 0. The lowest BCUT2D eigenvalue weighted by molar-refractivity contribution is 0.750. The normalized spacial score (nSPS) is 11.1. The Morgan fingerprint density at radius 3 is 2.88 bits per heavy atom. The molecule has 0 aliphatic rings. The summed E-state index contributed by atoms with van der Waals surface area (Å²) in [5.74, 6) is 0. The van der Waals surface area contributed by atoms with Gasteiger partial charge in [0.2, 0.25) is 0 Å². The van der Waals surface area contributed by atoms with E-state index < -0.39 is 0 Å². The van der Waals surface area contributed by atoms with Crippen molar-refractivity contribution in [3.63, 3.8) is 0 Å². The Balaban J connectivity index is 2.14. The van der Waals surface area contributed by atoms with Crippen LogP contribution in [0.25, 0.3) is 11.8 Å². The number of nitrogens with zero attached hydrogens (tertiary/aromatic N) is 3. The molecule has 0 amide bonds. The summed E-state index contributed by atoms with van der Waals surface area (Å²) in [6.45, 7) is 0.832. The van der Waals surface area contributed by atoms with Crippen LogP contribution in [0.1, 0.15) is 5.69 Å². The minimum absolute atomic E-state index is 0.832. The maximum absolute atomic E-state index is 4.34. The van der Waals surface area contributed by atoms with Crippen LogP contribution in [0.2, 0.25) is 0 Å². The number of para-hydroxylation sites is 1. The van der Waals surface area contributed by atoms with Crippen molar-refractivity contribution >= 4 is 6.08 Å². The number of rotatable bonds is 4. The zero-order valence-electron chi connectivity index (χ0n) is 9.17. The van der Waals surface area contributed by atoms with Gasteiger partial charge in [0.05, 0.1) is 11.9 Å². The molecule has 2 rings (SSSR count). The number of aromatic nitrogens is 3. The summed E-state index contributed by atoms with van der Waals surface area (Å²) < 4.78 is 0. The molecule has 0 saturated carbocycles. The highest BCUT2D eigenvalue weighted by Gasteiger charge is 1.98. The van der Waals surface area contributed by atoms with Gasteiger partial charge in [0, 0.05) is 6.54 Å². The predicted molar refractivity (Wildman–Crippen MR) is 64.3 cm³/mol. The van der Waals surface area contributed by atoms with Crippen LogP contribution in [0.15, 0.2) is 42.6 Å². The van der Waals surface area contributed by atoms with Gasteiger partial charge in [0.25, 0.3) is 0 Å². The van der Waals surface area contributed by atoms with Crippen LogP contribution in [0.4, 0.5) is 0 Å². The van der Waals surface area contributed by atoms with Gasteiger partial charge in [-0.2, -0.15) is 9.90 Å². The molecular weight excluding hydrogens is 200 g/mol. The van der Waals surface area contributed by atoms with E-state index in [1.54, 1.807) is 11.0 Å². The van der Waals surface area contributed by atoms with E-state index in [1.165, 1.54) is 0 Å². The third-order valence-electron chi connectivity index (χ3n) is 2.11. The third kappa shape index (κ3) is 2.55. The second-order valence-electron chi connectivity index (χ2n) is 3.35. The summed E-state index contributed by atoms with van der Waals surface area (Å²) in [4.78, 5) is 1.62. The Labute approximate surface area is 94.6 Å². The van der Waals surface area contributed by atoms with Gasteiger partial charge in [0.15, 0.2) is 0 Å². The quantitative estimate of drug-likeness (QED) is 0.838. The van der Waals surface area contributed by atoms with Gasteiger partial charge in [-0.15, -0.1) is 5.10 Å². The smallest absolute Gasteiger partial charge is 0.106 e. The molecule has 0 aliphatic heterocycles. The fraction of sp³-hybridized carbons (Fsp3) is 0.167. The Morgan fingerprint density at radius 2 is 2.12 bits per heavy atom. The lowest BCUT2D eigenvalue weighted by Gasteiger charge is -1.96. The highest BCUT2D eigenvalue weighted by Crippen LogP contribution is 2.04. The van der Waals surface area contributed by atoms with Gasteiger partial charge in [-0.1, -0.05) is 24.3 Å². The number of nitrogens with one attached hydrogen (secondary N) is 1. The van der Waals surface area contributed by atoms with Crippen LogP contribution >= 0.6 is 0 Å². The van der Waals surface area contributed by atoms with Crippen molar-refractivity contribution in [1.82, 2.24) is 20.3 Å². The number of benzene rings is 1. The first-order valence-corrected chi connectivity index (χ1v) is 5.19. The third-order valence-corrected chi connectivity index (χ3v) is 2.11. The molecule has 0 spiro atoms. The molecule has 16 heavy (non-hydrogen) atoms. The topological polar surface area (TPSA) is 42.7 Å². The first-order chi connectivity index (χ1) is 7.90. The summed E-state index contributed by atoms with van der Waals surface area (Å²) in [7, 11) is 1.91. The van der Waals surface area contributed by atoms with Crippen molar-refractivity contribution in [3.8, 4) is 5.69 Å². The molecule has 0 fully saturated rings. The monoisotopic (exact) mass is 214 g/mol. The first kappa shape index (κ1) is 10.6. The molecule has 0 atom stereocenters. The van der Waals surface area contributed by atoms with Gasteiger partial charge in [-0.05, 0) is 25.3 Å². The van der Waals surface area contributed by atoms with E-state index in [2.05, 4.69) is 15.5 Å². The molecular formula is C12H14N4. The SMILES string of the molecule is CNCC=Cc1cnn(-c2ccccc2)n1. The van der Waals surface area contributed by atoms with Crippen molar-refractivity contribution in [2.75, 3.05) is 13.6 Å². The van der Waals surface area contributed by atoms with E-state index >= 15 is 0 Å². The number of hydrogen-bond acceptors (Lipinski definition) is 3. The lowest BCUT2D eigenvalue weighted by Crippen LogP contribution is -2.03. The van der Waals surface area contributed by atoms with Crippen LogP contribution in [0, 0.1) is 0 Å². The fourth-order valence-corrected chi connectivity index (χ4v) is 1.33. The van der Waals surface area contributed by atoms with Gasteiger partial charge in [0.1, 0.15) is 5.69 Å². The summed E-state index contributed by atoms with van der Waals surface area (Å²) in [6.07, 6.45) is 5.71. The van der Waals surface area contributed by atoms with E-state index in [-0.39, 0.29) is 0 Å². The second-order valence-corrected chi connectivity index (χ2v) is 3.35. The van der Waals surface area contributed by atoms with Crippen molar-refractivity contribution in [2.24, 2.45) is 0 Å². The molecule has 4 nitrogen and oxygen atoms in total. The van der Waals surface area contributed by atoms with Crippen molar-refractivity contribution in [2.45, 2.75) is 0 Å². The van der Waals surface area contributed by atoms with Crippen molar-refractivity contribution in [1.29, 1.82) is 0 Å². The minimum atomic E-state index is 0.832. The molecule has 0 aliphatic carbocycles. The zero-order chi connectivity index (χ0) is 11.2. The summed E-state index contributed by atoms with van der Waals surface area (Å²) in [5.41, 5.74) is 1.83. The zero-order valence-corrected chi connectivity index (χ0v) is 9.17. The Kier molecular flexibility index (Phi) is 3.46. The number of hydrogen-bond donors (Lipinski definition) is 1. The molecule has 0 saturated heterocycles. The van der Waals surface area contributed by atoms with Crippen LogP contribution in [0.5, 0.6) is 0 Å². The summed E-state index contributed by atoms with van der Waals surface area (Å²) in [5, 5.41) is 11.6. The first-order valence-electron chi connectivity index (χ1n) is 5.19. The maximum atomic E-state index is 4.34. The van der Waals surface area contributed by atoms with Crippen LogP contribution in [-0.2, 0) is 0 Å². The van der Waals surface area contributed by atoms with E-state index in [1.807, 2.05) is 49.5 Å². The Morgan fingerprint density at radius 1 is 1.31 bits per heavy atom. The van der Waals surface area contributed by atoms with Gasteiger partial charge >= 0.3 is 0 Å². The van der Waals surface area contributed by atoms with E-state index in [4.69, 9.17) is 0 Å². The highest BCUT2D eigenvalue weighted by molar-refractivity contribution is 5.43. The molecule has 0 bridgehead atoms. The molecule has 4 heteroatoms. The van der Waals surface area contributed by atoms with E-state index in [9.17, 15) is 0 Å². The highest BCUT2D eigenvalue weighted by atomic mass is 15.5. The molecule has 82 valence electrons. The largest absolute Gasteiger partial charge is 0.316 e. The van der Waals surface area contributed by atoms with Crippen molar-refractivity contribution < 1.29 is 0 Å². The minimum Gasteiger partial charge on any atom is -0.316 e. The molecule has 1 N–H and O–H groups in total. The van der Waals surface area contributed by atoms with Crippen molar-refractivity contribution in [3.05, 3.63) is 48.3 Å². The van der Waals surface area contributed by atoms with Crippen LogP contribution in [-0.4, -0.2) is 28.6 Å². The fourth-order valence-electron chi connectivity index (χ4n) is 1.33. The van der Waals surface area contributed by atoms with Crippen LogP contribution < -0.4 is 5.32 Å². The summed E-state index contributed by atoms with van der Waals surface area (Å²) in [6, 6.07) is 9.85. The molecule has 0 unspecified atom stereocenters. The molecule has 1 aromatic carbocycles. The molecule has 2 aromatic rings. The average Bonchev–Trinajstić information content (AvgIpc) is 2.79.